The summed E-state index contributed by atoms with van der Waals surface area (Å²) < 4.78 is 0. The number of nitrogens with zero attached hydrogens (tertiary/aromatic N) is 1. The minimum atomic E-state index is -0.218. The van der Waals surface area contributed by atoms with Crippen LogP contribution in [0.1, 0.15) is 43.4 Å². The predicted molar refractivity (Wildman–Crippen MR) is 109 cm³/mol. The molecule has 0 aromatic heterocycles. The number of carbonyl (C=O) groups is 1. The van der Waals surface area contributed by atoms with Crippen LogP contribution >= 0.6 is 12.4 Å². The quantitative estimate of drug-likeness (QED) is 0.818. The highest BCUT2D eigenvalue weighted by molar-refractivity contribution is 5.85. The van der Waals surface area contributed by atoms with E-state index < -0.39 is 0 Å². The molecule has 0 spiro atoms. The third-order valence-electron chi connectivity index (χ3n) is 5.39. The summed E-state index contributed by atoms with van der Waals surface area (Å²) in [6.07, 6.45) is 3.65. The Morgan fingerprint density at radius 1 is 1.12 bits per heavy atom. The van der Waals surface area contributed by atoms with Gasteiger partial charge >= 0.3 is 0 Å². The molecule has 2 aromatic rings. The van der Waals surface area contributed by atoms with Crippen LogP contribution in [0.4, 0.5) is 0 Å². The van der Waals surface area contributed by atoms with E-state index in [4.69, 9.17) is 5.73 Å². The van der Waals surface area contributed by atoms with Crippen LogP contribution in [-0.2, 0) is 11.2 Å². The molecule has 0 saturated carbocycles. The number of amides is 1. The number of rotatable bonds is 6. The second kappa shape index (κ2) is 9.20. The average Bonchev–Trinajstić information content (AvgIpc) is 3.04. The van der Waals surface area contributed by atoms with Gasteiger partial charge < -0.3 is 10.6 Å². The number of carbonyl (C=O) groups excluding carboxylic acids is 1. The lowest BCUT2D eigenvalue weighted by molar-refractivity contribution is -0.130. The van der Waals surface area contributed by atoms with E-state index in [0.717, 1.165) is 37.9 Å². The van der Waals surface area contributed by atoms with Gasteiger partial charge in [0.2, 0.25) is 5.91 Å². The number of hydrogen-bond donors (Lipinski definition) is 1. The average molecular weight is 373 g/mol. The van der Waals surface area contributed by atoms with Gasteiger partial charge in [0.15, 0.2) is 0 Å². The van der Waals surface area contributed by atoms with E-state index in [0.29, 0.717) is 6.42 Å². The highest BCUT2D eigenvalue weighted by atomic mass is 35.5. The third-order valence-corrected chi connectivity index (χ3v) is 5.39. The number of nitrogens with two attached hydrogens (primary N) is 1. The zero-order chi connectivity index (χ0) is 17.7. The smallest absolute Gasteiger partial charge is 0.224 e. The summed E-state index contributed by atoms with van der Waals surface area (Å²) in [5.74, 6) is 0.180. The van der Waals surface area contributed by atoms with Gasteiger partial charge in [-0.2, -0.15) is 0 Å². The Morgan fingerprint density at radius 3 is 2.38 bits per heavy atom. The van der Waals surface area contributed by atoms with Gasteiger partial charge in [-0.1, -0.05) is 67.6 Å². The summed E-state index contributed by atoms with van der Waals surface area (Å²) in [6.45, 7) is 4.01. The van der Waals surface area contributed by atoms with E-state index >= 15 is 0 Å². The fraction of sp³-hybridized carbons (Fsp3) is 0.409. The molecule has 2 aromatic carbocycles. The fourth-order valence-corrected chi connectivity index (χ4v) is 3.67. The molecule has 1 fully saturated rings. The first kappa shape index (κ1) is 20.5. The SMILES string of the molecule is CC1(CCc2ccccc2)CCN(C(=O)CC(N)c2ccccc2)C1.Cl. The van der Waals surface area contributed by atoms with Crippen molar-refractivity contribution in [2.24, 2.45) is 11.1 Å². The van der Waals surface area contributed by atoms with Crippen LogP contribution in [0.5, 0.6) is 0 Å². The van der Waals surface area contributed by atoms with E-state index in [2.05, 4.69) is 37.3 Å². The van der Waals surface area contributed by atoms with Crippen molar-refractivity contribution in [1.29, 1.82) is 0 Å². The maximum Gasteiger partial charge on any atom is 0.224 e. The van der Waals surface area contributed by atoms with E-state index in [1.165, 1.54) is 5.56 Å². The van der Waals surface area contributed by atoms with Gasteiger partial charge in [0, 0.05) is 25.6 Å². The third kappa shape index (κ3) is 5.33. The highest BCUT2D eigenvalue weighted by Gasteiger charge is 2.35. The number of hydrogen-bond acceptors (Lipinski definition) is 2. The van der Waals surface area contributed by atoms with Crippen LogP contribution in [0.25, 0.3) is 0 Å². The Balaban J connectivity index is 0.00000243. The van der Waals surface area contributed by atoms with Gasteiger partial charge in [-0.3, -0.25) is 4.79 Å². The summed E-state index contributed by atoms with van der Waals surface area (Å²) >= 11 is 0. The van der Waals surface area contributed by atoms with Crippen molar-refractivity contribution in [2.75, 3.05) is 13.1 Å². The molecule has 2 atom stereocenters. The van der Waals surface area contributed by atoms with Gasteiger partial charge in [0.05, 0.1) is 0 Å². The molecule has 1 aliphatic heterocycles. The molecule has 1 amide bonds. The maximum atomic E-state index is 12.6. The van der Waals surface area contributed by atoms with Gasteiger partial charge in [0.25, 0.3) is 0 Å². The van der Waals surface area contributed by atoms with Crippen LogP contribution in [0.3, 0.4) is 0 Å². The van der Waals surface area contributed by atoms with E-state index in [1.54, 1.807) is 0 Å². The monoisotopic (exact) mass is 372 g/mol. The normalized spacial score (nSPS) is 20.5. The number of benzene rings is 2. The summed E-state index contributed by atoms with van der Waals surface area (Å²) in [5.41, 5.74) is 8.83. The van der Waals surface area contributed by atoms with E-state index in [1.807, 2.05) is 35.2 Å². The molecule has 4 heteroatoms. The molecule has 0 aliphatic carbocycles. The summed E-state index contributed by atoms with van der Waals surface area (Å²) in [5, 5.41) is 0. The Kier molecular flexibility index (Phi) is 7.24. The molecule has 2 unspecified atom stereocenters. The summed E-state index contributed by atoms with van der Waals surface area (Å²) in [6, 6.07) is 20.3. The van der Waals surface area contributed by atoms with Crippen molar-refractivity contribution < 1.29 is 4.79 Å². The van der Waals surface area contributed by atoms with Crippen molar-refractivity contribution in [3.05, 3.63) is 71.8 Å². The molecular formula is C22H29ClN2O. The molecule has 3 rings (SSSR count). The molecule has 140 valence electrons. The first-order valence-corrected chi connectivity index (χ1v) is 9.18. The predicted octanol–water partition coefficient (Wildman–Crippen LogP) is 4.37. The topological polar surface area (TPSA) is 46.3 Å². The molecule has 0 bridgehead atoms. The second-order valence-corrected chi connectivity index (χ2v) is 7.58. The van der Waals surface area contributed by atoms with Crippen LogP contribution in [0, 0.1) is 5.41 Å². The highest BCUT2D eigenvalue weighted by Crippen LogP contribution is 2.35. The molecule has 1 aliphatic rings. The lowest BCUT2D eigenvalue weighted by Crippen LogP contribution is -2.33. The van der Waals surface area contributed by atoms with E-state index in [9.17, 15) is 4.79 Å². The zero-order valence-electron chi connectivity index (χ0n) is 15.4. The summed E-state index contributed by atoms with van der Waals surface area (Å²) in [4.78, 5) is 14.6. The van der Waals surface area contributed by atoms with Crippen molar-refractivity contribution in [2.45, 2.75) is 38.6 Å². The van der Waals surface area contributed by atoms with Gasteiger partial charge in [0.1, 0.15) is 0 Å². The molecule has 2 N–H and O–H groups in total. The lowest BCUT2D eigenvalue weighted by Gasteiger charge is -2.25. The first-order chi connectivity index (χ1) is 12.1. The maximum absolute atomic E-state index is 12.6. The minimum absolute atomic E-state index is 0. The Morgan fingerprint density at radius 2 is 1.73 bits per heavy atom. The minimum Gasteiger partial charge on any atom is -0.342 e. The van der Waals surface area contributed by atoms with Crippen molar-refractivity contribution in [3.8, 4) is 0 Å². The van der Waals surface area contributed by atoms with Crippen LogP contribution in [0.2, 0.25) is 0 Å². The van der Waals surface area contributed by atoms with E-state index in [-0.39, 0.29) is 29.8 Å². The molecule has 26 heavy (non-hydrogen) atoms. The van der Waals surface area contributed by atoms with Gasteiger partial charge in [-0.15, -0.1) is 12.4 Å². The number of likely N-dealkylation sites (tertiary alicyclic amines) is 1. The number of aryl methyl sites for hydroxylation is 1. The van der Waals surface area contributed by atoms with Crippen molar-refractivity contribution in [1.82, 2.24) is 4.90 Å². The molecule has 1 heterocycles. The van der Waals surface area contributed by atoms with Gasteiger partial charge in [-0.05, 0) is 35.8 Å². The molecule has 1 saturated heterocycles. The molecule has 0 radical (unpaired) electrons. The van der Waals surface area contributed by atoms with Crippen LogP contribution in [-0.4, -0.2) is 23.9 Å². The van der Waals surface area contributed by atoms with Crippen molar-refractivity contribution in [3.63, 3.8) is 0 Å². The Bertz CT molecular complexity index is 692. The number of halogens is 1. The first-order valence-electron chi connectivity index (χ1n) is 9.18. The molecular weight excluding hydrogens is 344 g/mol. The second-order valence-electron chi connectivity index (χ2n) is 7.58. The van der Waals surface area contributed by atoms with Crippen LogP contribution in [0.15, 0.2) is 60.7 Å². The van der Waals surface area contributed by atoms with Crippen LogP contribution < -0.4 is 5.73 Å². The lowest BCUT2D eigenvalue weighted by atomic mass is 9.83. The fourth-order valence-electron chi connectivity index (χ4n) is 3.67. The van der Waals surface area contributed by atoms with Gasteiger partial charge in [-0.25, -0.2) is 0 Å². The Hall–Kier alpha value is -1.84. The standard InChI is InChI=1S/C22H28N2O.ClH/c1-22(13-12-18-8-4-2-5-9-18)14-15-24(17-22)21(25)16-20(23)19-10-6-3-7-11-19;/h2-11,20H,12-17,23H2,1H3;1H. The van der Waals surface area contributed by atoms with Crippen molar-refractivity contribution >= 4 is 18.3 Å². The summed E-state index contributed by atoms with van der Waals surface area (Å²) in [7, 11) is 0. The molecule has 3 nitrogen and oxygen atoms in total. The largest absolute Gasteiger partial charge is 0.342 e. The zero-order valence-corrected chi connectivity index (χ0v) is 16.3. The Labute approximate surface area is 163 Å².